The summed E-state index contributed by atoms with van der Waals surface area (Å²) in [6, 6.07) is 0.0529. The van der Waals surface area contributed by atoms with Gasteiger partial charge >= 0.3 is 0 Å². The Balaban J connectivity index is 1.53. The van der Waals surface area contributed by atoms with Crippen molar-refractivity contribution in [1.29, 1.82) is 0 Å². The predicted octanol–water partition coefficient (Wildman–Crippen LogP) is 0.441. The second-order valence-electron chi connectivity index (χ2n) is 6.68. The molecule has 2 saturated carbocycles. The largest absolute Gasteiger partial charge is 0.344 e. The van der Waals surface area contributed by atoms with Crippen molar-refractivity contribution in [3.05, 3.63) is 0 Å². The lowest BCUT2D eigenvalue weighted by molar-refractivity contribution is -0.137. The molecule has 1 saturated heterocycles. The lowest BCUT2D eigenvalue weighted by Crippen LogP contribution is -2.47. The Hall–Kier alpha value is -1.10. The molecule has 3 aliphatic rings. The maximum absolute atomic E-state index is 12.6. The van der Waals surface area contributed by atoms with E-state index >= 15 is 0 Å². The summed E-state index contributed by atoms with van der Waals surface area (Å²) in [5, 5.41) is 0. The number of nitrogens with zero attached hydrogens (tertiary/aromatic N) is 2. The molecule has 2 amide bonds. The van der Waals surface area contributed by atoms with Gasteiger partial charge in [-0.3, -0.25) is 9.59 Å². The van der Waals surface area contributed by atoms with E-state index in [9.17, 15) is 9.59 Å². The number of rotatable bonds is 4. The minimum absolute atomic E-state index is 0.0213. The van der Waals surface area contributed by atoms with Crippen LogP contribution in [0.2, 0.25) is 0 Å². The van der Waals surface area contributed by atoms with Crippen molar-refractivity contribution >= 4 is 11.8 Å². The Morgan fingerprint density at radius 3 is 2.75 bits per heavy atom. The van der Waals surface area contributed by atoms with Crippen LogP contribution in [0.25, 0.3) is 0 Å². The number of fused-ring (bicyclic) bond motifs is 2. The van der Waals surface area contributed by atoms with Crippen LogP contribution < -0.4 is 5.73 Å². The maximum Gasteiger partial charge on any atom is 0.227 e. The standard InChI is InChI=1S/C15H25N3O2/c1-17(7-8-18-6-2-3-12(18)19)15(20)13-10-4-5-11(9-10)14(13)16/h10-11,13-14H,2-9,16H2,1H3/t10-,11-,13+,14-/m0/s1. The molecular weight excluding hydrogens is 254 g/mol. The van der Waals surface area contributed by atoms with Crippen LogP contribution in [0.4, 0.5) is 0 Å². The first-order valence-electron chi connectivity index (χ1n) is 7.86. The van der Waals surface area contributed by atoms with Gasteiger partial charge in [0.2, 0.25) is 11.8 Å². The summed E-state index contributed by atoms with van der Waals surface area (Å²) < 4.78 is 0. The van der Waals surface area contributed by atoms with Crippen molar-refractivity contribution in [2.45, 2.75) is 38.1 Å². The highest BCUT2D eigenvalue weighted by atomic mass is 16.2. The van der Waals surface area contributed by atoms with E-state index in [-0.39, 0.29) is 23.8 Å². The second kappa shape index (κ2) is 5.35. The van der Waals surface area contributed by atoms with Crippen LogP contribution in [-0.4, -0.2) is 54.3 Å². The Kier molecular flexibility index (Phi) is 3.71. The number of carbonyl (C=O) groups excluding carboxylic acids is 2. The third-order valence-corrected chi connectivity index (χ3v) is 5.52. The molecule has 5 nitrogen and oxygen atoms in total. The maximum atomic E-state index is 12.6. The molecule has 3 fully saturated rings. The van der Waals surface area contributed by atoms with Crippen molar-refractivity contribution in [2.75, 3.05) is 26.7 Å². The Bertz CT molecular complexity index is 410. The molecule has 20 heavy (non-hydrogen) atoms. The fourth-order valence-corrected chi connectivity index (χ4v) is 4.28. The zero-order valence-corrected chi connectivity index (χ0v) is 12.3. The van der Waals surface area contributed by atoms with Crippen molar-refractivity contribution in [3.8, 4) is 0 Å². The highest BCUT2D eigenvalue weighted by Crippen LogP contribution is 2.48. The molecule has 1 heterocycles. The average Bonchev–Trinajstić information content (AvgIpc) is 3.11. The SMILES string of the molecule is CN(CCN1CCCC1=O)C(=O)[C@@H]1[C@H]2CC[C@@H](C2)[C@@H]1N. The molecule has 1 aliphatic heterocycles. The first-order valence-corrected chi connectivity index (χ1v) is 7.86. The van der Waals surface area contributed by atoms with Crippen molar-refractivity contribution in [2.24, 2.45) is 23.5 Å². The zero-order valence-electron chi connectivity index (χ0n) is 12.3. The van der Waals surface area contributed by atoms with E-state index in [4.69, 9.17) is 5.73 Å². The molecular formula is C15H25N3O2. The number of hydrogen-bond donors (Lipinski definition) is 1. The van der Waals surface area contributed by atoms with Crippen LogP contribution in [0.5, 0.6) is 0 Å². The summed E-state index contributed by atoms with van der Waals surface area (Å²) in [4.78, 5) is 27.8. The van der Waals surface area contributed by atoms with E-state index in [2.05, 4.69) is 0 Å². The van der Waals surface area contributed by atoms with Crippen LogP contribution in [0.3, 0.4) is 0 Å². The number of hydrogen-bond acceptors (Lipinski definition) is 3. The van der Waals surface area contributed by atoms with Crippen molar-refractivity contribution in [1.82, 2.24) is 9.80 Å². The van der Waals surface area contributed by atoms with E-state index < -0.39 is 0 Å². The molecule has 2 N–H and O–H groups in total. The van der Waals surface area contributed by atoms with Gasteiger partial charge in [-0.15, -0.1) is 0 Å². The minimum atomic E-state index is 0.0213. The van der Waals surface area contributed by atoms with Gasteiger partial charge in [0.1, 0.15) is 0 Å². The van der Waals surface area contributed by atoms with Gasteiger partial charge in [-0.05, 0) is 37.5 Å². The Morgan fingerprint density at radius 1 is 1.40 bits per heavy atom. The first-order chi connectivity index (χ1) is 9.58. The molecule has 112 valence electrons. The van der Waals surface area contributed by atoms with Gasteiger partial charge in [0.15, 0.2) is 0 Å². The number of likely N-dealkylation sites (tertiary alicyclic amines) is 1. The number of likely N-dealkylation sites (N-methyl/N-ethyl adjacent to an activating group) is 1. The van der Waals surface area contributed by atoms with E-state index in [1.807, 2.05) is 11.9 Å². The van der Waals surface area contributed by atoms with Crippen LogP contribution >= 0.6 is 0 Å². The fourth-order valence-electron chi connectivity index (χ4n) is 4.28. The van der Waals surface area contributed by atoms with Gasteiger partial charge in [-0.25, -0.2) is 0 Å². The molecule has 4 atom stereocenters. The van der Waals surface area contributed by atoms with Crippen LogP contribution in [0.1, 0.15) is 32.1 Å². The summed E-state index contributed by atoms with van der Waals surface area (Å²) >= 11 is 0. The normalized spacial score (nSPS) is 35.9. The quantitative estimate of drug-likeness (QED) is 0.812. The summed E-state index contributed by atoms with van der Waals surface area (Å²) in [5.41, 5.74) is 6.23. The van der Waals surface area contributed by atoms with Gasteiger partial charge < -0.3 is 15.5 Å². The highest BCUT2D eigenvalue weighted by Gasteiger charge is 2.49. The number of nitrogens with two attached hydrogens (primary N) is 1. The molecule has 3 rings (SSSR count). The third kappa shape index (κ3) is 2.32. The highest BCUT2D eigenvalue weighted by molar-refractivity contribution is 5.81. The van der Waals surface area contributed by atoms with Crippen LogP contribution in [-0.2, 0) is 9.59 Å². The summed E-state index contributed by atoms with van der Waals surface area (Å²) in [6.45, 7) is 2.14. The number of carbonyl (C=O) groups is 2. The second-order valence-corrected chi connectivity index (χ2v) is 6.68. The molecule has 5 heteroatoms. The Morgan fingerprint density at radius 2 is 2.15 bits per heavy atom. The molecule has 0 aromatic carbocycles. The lowest BCUT2D eigenvalue weighted by atomic mass is 9.84. The molecule has 2 bridgehead atoms. The topological polar surface area (TPSA) is 66.6 Å². The average molecular weight is 279 g/mol. The molecule has 0 radical (unpaired) electrons. The fraction of sp³-hybridized carbons (Fsp3) is 0.867. The van der Waals surface area contributed by atoms with Crippen molar-refractivity contribution in [3.63, 3.8) is 0 Å². The minimum Gasteiger partial charge on any atom is -0.344 e. The molecule has 0 spiro atoms. The predicted molar refractivity (Wildman–Crippen MR) is 75.7 cm³/mol. The van der Waals surface area contributed by atoms with E-state index in [1.54, 1.807) is 4.90 Å². The first kappa shape index (κ1) is 13.9. The lowest BCUT2D eigenvalue weighted by Gasteiger charge is -2.31. The van der Waals surface area contributed by atoms with E-state index in [1.165, 1.54) is 6.42 Å². The Labute approximate surface area is 120 Å². The van der Waals surface area contributed by atoms with Gasteiger partial charge in [-0.1, -0.05) is 0 Å². The molecule has 0 aromatic rings. The molecule has 0 aromatic heterocycles. The number of amides is 2. The van der Waals surface area contributed by atoms with Crippen LogP contribution in [0.15, 0.2) is 0 Å². The van der Waals surface area contributed by atoms with Gasteiger partial charge in [0, 0.05) is 39.1 Å². The third-order valence-electron chi connectivity index (χ3n) is 5.52. The van der Waals surface area contributed by atoms with E-state index in [0.29, 0.717) is 31.3 Å². The van der Waals surface area contributed by atoms with E-state index in [0.717, 1.165) is 25.8 Å². The summed E-state index contributed by atoms with van der Waals surface area (Å²) in [5.74, 6) is 1.49. The van der Waals surface area contributed by atoms with Gasteiger partial charge in [-0.2, -0.15) is 0 Å². The smallest absolute Gasteiger partial charge is 0.227 e. The summed E-state index contributed by atoms with van der Waals surface area (Å²) in [7, 11) is 1.85. The van der Waals surface area contributed by atoms with Gasteiger partial charge in [0.25, 0.3) is 0 Å². The zero-order chi connectivity index (χ0) is 14.3. The summed E-state index contributed by atoms with van der Waals surface area (Å²) in [6.07, 6.45) is 5.10. The van der Waals surface area contributed by atoms with Crippen molar-refractivity contribution < 1.29 is 9.59 Å². The molecule has 0 unspecified atom stereocenters. The monoisotopic (exact) mass is 279 g/mol. The van der Waals surface area contributed by atoms with Crippen LogP contribution in [0, 0.1) is 17.8 Å². The van der Waals surface area contributed by atoms with Gasteiger partial charge in [0.05, 0.1) is 5.92 Å². The molecule has 2 aliphatic carbocycles.